The van der Waals surface area contributed by atoms with E-state index in [1.165, 1.54) is 11.1 Å². The average Bonchev–Trinajstić information content (AvgIpc) is 2.64. The summed E-state index contributed by atoms with van der Waals surface area (Å²) in [7, 11) is 2.14. The minimum Gasteiger partial charge on any atom is -0.506 e. The fourth-order valence-electron chi connectivity index (χ4n) is 3.05. The Morgan fingerprint density at radius 3 is 2.65 bits per heavy atom. The van der Waals surface area contributed by atoms with E-state index in [0.717, 1.165) is 25.1 Å². The third kappa shape index (κ3) is 2.25. The summed E-state index contributed by atoms with van der Waals surface area (Å²) in [5.74, 6) is 0.502. The van der Waals surface area contributed by atoms with Crippen LogP contribution in [0.3, 0.4) is 0 Å². The molecule has 0 bridgehead atoms. The van der Waals surface area contributed by atoms with Crippen molar-refractivity contribution in [3.8, 4) is 5.75 Å². The number of phenols is 1. The van der Waals surface area contributed by atoms with Gasteiger partial charge in [-0.25, -0.2) is 0 Å². The lowest BCUT2D eigenvalue weighted by molar-refractivity contribution is 0.338. The molecular formula is C17H20N2O. The zero-order valence-corrected chi connectivity index (χ0v) is 11.7. The molecule has 1 aliphatic rings. The van der Waals surface area contributed by atoms with Crippen molar-refractivity contribution in [3.05, 3.63) is 59.2 Å². The first-order valence-electron chi connectivity index (χ1n) is 7.00. The average molecular weight is 268 g/mol. The third-order valence-electron chi connectivity index (χ3n) is 4.19. The summed E-state index contributed by atoms with van der Waals surface area (Å²) in [5, 5.41) is 9.85. The molecule has 0 radical (unpaired) electrons. The molecule has 0 saturated carbocycles. The highest BCUT2D eigenvalue weighted by Gasteiger charge is 2.24. The summed E-state index contributed by atoms with van der Waals surface area (Å²) in [4.78, 5) is 2.33. The number of hydrogen-bond donors (Lipinski definition) is 2. The van der Waals surface area contributed by atoms with Gasteiger partial charge >= 0.3 is 0 Å². The molecular weight excluding hydrogens is 248 g/mol. The highest BCUT2D eigenvalue weighted by atomic mass is 16.3. The van der Waals surface area contributed by atoms with E-state index in [-0.39, 0.29) is 5.75 Å². The van der Waals surface area contributed by atoms with E-state index in [2.05, 4.69) is 36.2 Å². The van der Waals surface area contributed by atoms with Crippen molar-refractivity contribution in [1.82, 2.24) is 4.90 Å². The Balaban J connectivity index is 2.13. The number of rotatable bonds is 1. The lowest BCUT2D eigenvalue weighted by atomic mass is 9.87. The molecule has 0 fully saturated rings. The summed E-state index contributed by atoms with van der Waals surface area (Å²) in [6.45, 7) is 1.94. The molecule has 20 heavy (non-hydrogen) atoms. The maximum atomic E-state index is 9.85. The van der Waals surface area contributed by atoms with Gasteiger partial charge in [-0.05, 0) is 36.2 Å². The number of anilines is 1. The molecule has 1 atom stereocenters. The molecule has 0 aliphatic carbocycles. The smallest absolute Gasteiger partial charge is 0.138 e. The third-order valence-corrected chi connectivity index (χ3v) is 4.19. The quantitative estimate of drug-likeness (QED) is 0.617. The molecule has 1 aliphatic heterocycles. The van der Waals surface area contributed by atoms with E-state index < -0.39 is 0 Å². The van der Waals surface area contributed by atoms with Crippen LogP contribution in [0, 0.1) is 0 Å². The molecule has 3 heteroatoms. The maximum Gasteiger partial charge on any atom is 0.138 e. The second kappa shape index (κ2) is 5.17. The minimum atomic E-state index is 0.195. The van der Waals surface area contributed by atoms with Gasteiger partial charge in [-0.15, -0.1) is 0 Å². The van der Waals surface area contributed by atoms with Gasteiger partial charge in [-0.1, -0.05) is 36.4 Å². The number of fused-ring (bicyclic) bond motifs is 1. The fraction of sp³-hybridized carbons (Fsp3) is 0.294. The fourth-order valence-corrected chi connectivity index (χ4v) is 3.05. The number of phenolic OH excluding ortho intramolecular Hbond substituents is 1. The van der Waals surface area contributed by atoms with E-state index >= 15 is 0 Å². The molecule has 3 nitrogen and oxygen atoms in total. The second-order valence-corrected chi connectivity index (χ2v) is 5.54. The molecule has 3 rings (SSSR count). The molecule has 0 amide bonds. The largest absolute Gasteiger partial charge is 0.506 e. The van der Waals surface area contributed by atoms with Crippen LogP contribution in [0.25, 0.3) is 0 Å². The van der Waals surface area contributed by atoms with Crippen molar-refractivity contribution in [2.24, 2.45) is 0 Å². The number of nitrogens with two attached hydrogens (primary N) is 1. The Labute approximate surface area is 119 Å². The molecule has 2 aromatic carbocycles. The van der Waals surface area contributed by atoms with E-state index in [4.69, 9.17) is 5.73 Å². The summed E-state index contributed by atoms with van der Waals surface area (Å²) in [6.07, 6.45) is 0.884. The maximum absolute atomic E-state index is 9.85. The highest BCUT2D eigenvalue weighted by Crippen LogP contribution is 2.37. The topological polar surface area (TPSA) is 49.5 Å². The lowest BCUT2D eigenvalue weighted by Crippen LogP contribution is -2.24. The van der Waals surface area contributed by atoms with Crippen LogP contribution in [-0.2, 0) is 6.42 Å². The number of aromatic hydroxyl groups is 1. The van der Waals surface area contributed by atoms with Gasteiger partial charge in [0.1, 0.15) is 5.75 Å². The SMILES string of the molecule is CN1CCc2c(ccc(O)c2N)C(c2ccccc2)C1. The highest BCUT2D eigenvalue weighted by molar-refractivity contribution is 5.62. The van der Waals surface area contributed by atoms with Gasteiger partial charge in [0.2, 0.25) is 0 Å². The first kappa shape index (κ1) is 13.0. The molecule has 104 valence electrons. The van der Waals surface area contributed by atoms with Crippen LogP contribution in [0.2, 0.25) is 0 Å². The van der Waals surface area contributed by atoms with Gasteiger partial charge in [-0.2, -0.15) is 0 Å². The van der Waals surface area contributed by atoms with Crippen molar-refractivity contribution in [2.75, 3.05) is 25.9 Å². The second-order valence-electron chi connectivity index (χ2n) is 5.54. The van der Waals surface area contributed by atoms with Gasteiger partial charge in [0.15, 0.2) is 0 Å². The molecule has 0 spiro atoms. The predicted molar refractivity (Wildman–Crippen MR) is 82.0 cm³/mol. The molecule has 1 unspecified atom stereocenters. The number of nitrogens with zero attached hydrogens (tertiary/aromatic N) is 1. The molecule has 1 heterocycles. The lowest BCUT2D eigenvalue weighted by Gasteiger charge is -2.22. The van der Waals surface area contributed by atoms with Crippen LogP contribution in [0.1, 0.15) is 22.6 Å². The zero-order chi connectivity index (χ0) is 14.1. The van der Waals surface area contributed by atoms with E-state index in [0.29, 0.717) is 11.6 Å². The zero-order valence-electron chi connectivity index (χ0n) is 11.7. The summed E-state index contributed by atoms with van der Waals surface area (Å²) in [6, 6.07) is 14.3. The van der Waals surface area contributed by atoms with Gasteiger partial charge in [0, 0.05) is 19.0 Å². The van der Waals surface area contributed by atoms with Crippen LogP contribution in [-0.4, -0.2) is 30.1 Å². The standard InChI is InChI=1S/C17H20N2O/c1-19-10-9-14-13(7-8-16(20)17(14)18)15(11-19)12-5-3-2-4-6-12/h2-8,15,20H,9-11,18H2,1H3. The van der Waals surface area contributed by atoms with E-state index in [1.807, 2.05) is 12.1 Å². The number of hydrogen-bond acceptors (Lipinski definition) is 3. The minimum absolute atomic E-state index is 0.195. The number of likely N-dealkylation sites (N-methyl/N-ethyl adjacent to an activating group) is 1. The van der Waals surface area contributed by atoms with Crippen molar-refractivity contribution >= 4 is 5.69 Å². The van der Waals surface area contributed by atoms with Crippen LogP contribution in [0.15, 0.2) is 42.5 Å². The first-order valence-corrected chi connectivity index (χ1v) is 7.00. The number of nitrogen functional groups attached to an aromatic ring is 1. The first-order chi connectivity index (χ1) is 9.66. The van der Waals surface area contributed by atoms with Crippen molar-refractivity contribution in [1.29, 1.82) is 0 Å². The van der Waals surface area contributed by atoms with Crippen LogP contribution >= 0.6 is 0 Å². The van der Waals surface area contributed by atoms with Crippen molar-refractivity contribution < 1.29 is 5.11 Å². The van der Waals surface area contributed by atoms with Crippen LogP contribution in [0.4, 0.5) is 5.69 Å². The van der Waals surface area contributed by atoms with E-state index in [9.17, 15) is 5.11 Å². The number of benzene rings is 2. The normalized spacial score (nSPS) is 19.4. The Kier molecular flexibility index (Phi) is 3.36. The molecule has 0 saturated heterocycles. The van der Waals surface area contributed by atoms with Gasteiger partial charge in [-0.3, -0.25) is 0 Å². The van der Waals surface area contributed by atoms with Crippen molar-refractivity contribution in [3.63, 3.8) is 0 Å². The van der Waals surface area contributed by atoms with Gasteiger partial charge in [0.05, 0.1) is 5.69 Å². The molecule has 0 aromatic heterocycles. The Hall–Kier alpha value is -2.00. The van der Waals surface area contributed by atoms with Crippen LogP contribution in [0.5, 0.6) is 5.75 Å². The van der Waals surface area contributed by atoms with Gasteiger partial charge in [0.25, 0.3) is 0 Å². The summed E-state index contributed by atoms with van der Waals surface area (Å²) < 4.78 is 0. The Bertz CT molecular complexity index is 610. The Morgan fingerprint density at radius 1 is 1.15 bits per heavy atom. The van der Waals surface area contributed by atoms with Crippen LogP contribution < -0.4 is 5.73 Å². The predicted octanol–water partition coefficient (Wildman–Crippen LogP) is 2.59. The van der Waals surface area contributed by atoms with E-state index in [1.54, 1.807) is 6.07 Å². The van der Waals surface area contributed by atoms with Crippen molar-refractivity contribution in [2.45, 2.75) is 12.3 Å². The molecule has 3 N–H and O–H groups in total. The summed E-state index contributed by atoms with van der Waals surface area (Å²) >= 11 is 0. The summed E-state index contributed by atoms with van der Waals surface area (Å²) in [5.41, 5.74) is 10.3. The van der Waals surface area contributed by atoms with Gasteiger partial charge < -0.3 is 15.7 Å². The monoisotopic (exact) mass is 268 g/mol. The Morgan fingerprint density at radius 2 is 1.90 bits per heavy atom. The molecule has 2 aromatic rings.